The number of ether oxygens (including phenoxy) is 1. The van der Waals surface area contributed by atoms with Crippen molar-refractivity contribution in [3.05, 3.63) is 58.6 Å². The lowest BCUT2D eigenvalue weighted by molar-refractivity contribution is 0.0662. The number of nitrogens with zero attached hydrogens (tertiary/aromatic N) is 5. The van der Waals surface area contributed by atoms with E-state index in [1.54, 1.807) is 0 Å². The zero-order valence-electron chi connectivity index (χ0n) is 17.7. The number of carbonyl (C=O) groups is 1. The molecule has 8 nitrogen and oxygen atoms in total. The minimum atomic E-state index is -0.213. The maximum atomic E-state index is 13.5. The summed E-state index contributed by atoms with van der Waals surface area (Å²) >= 11 is 0. The molecule has 0 N–H and O–H groups in total. The molecule has 0 aliphatic carbocycles. The molecule has 1 amide bonds. The monoisotopic (exact) mass is 421 g/mol. The van der Waals surface area contributed by atoms with E-state index in [0.717, 1.165) is 32.5 Å². The van der Waals surface area contributed by atoms with Crippen LogP contribution < -0.4 is 5.56 Å². The Bertz CT molecular complexity index is 1090. The molecule has 1 atom stereocenters. The summed E-state index contributed by atoms with van der Waals surface area (Å²) < 4.78 is 9.10. The topological polar surface area (TPSA) is 72.6 Å². The normalized spacial score (nSPS) is 19.9. The SMILES string of the molecule is CN1CCN(C(=O)c2cn(C[C@@H]3CCCO3)cc3c(=O)n(-c4ccccc4)nc2-3)CC1. The van der Waals surface area contributed by atoms with Gasteiger partial charge in [0.15, 0.2) is 0 Å². The van der Waals surface area contributed by atoms with E-state index in [-0.39, 0.29) is 17.6 Å². The summed E-state index contributed by atoms with van der Waals surface area (Å²) in [7, 11) is 2.06. The average Bonchev–Trinajstić information content (AvgIpc) is 3.42. The van der Waals surface area contributed by atoms with Crippen molar-refractivity contribution in [3.63, 3.8) is 0 Å². The van der Waals surface area contributed by atoms with Crippen molar-refractivity contribution < 1.29 is 9.53 Å². The van der Waals surface area contributed by atoms with E-state index in [1.807, 2.05) is 52.2 Å². The molecule has 4 heterocycles. The van der Waals surface area contributed by atoms with E-state index in [4.69, 9.17) is 4.74 Å². The molecular formula is C23H27N5O3. The highest BCUT2D eigenvalue weighted by atomic mass is 16.5. The van der Waals surface area contributed by atoms with Gasteiger partial charge in [0, 0.05) is 51.7 Å². The van der Waals surface area contributed by atoms with E-state index in [0.29, 0.717) is 42.1 Å². The summed E-state index contributed by atoms with van der Waals surface area (Å²) in [5.74, 6) is -0.0718. The minimum Gasteiger partial charge on any atom is -0.376 e. The van der Waals surface area contributed by atoms with Crippen molar-refractivity contribution in [3.8, 4) is 16.9 Å². The third-order valence-electron chi connectivity index (χ3n) is 6.18. The number of fused-ring (bicyclic) bond motifs is 1. The summed E-state index contributed by atoms with van der Waals surface area (Å²) in [5, 5.41) is 4.59. The molecule has 2 saturated heterocycles. The second kappa shape index (κ2) is 8.28. The first-order chi connectivity index (χ1) is 15.1. The molecule has 2 fully saturated rings. The molecule has 0 bridgehead atoms. The van der Waals surface area contributed by atoms with Crippen LogP contribution in [-0.4, -0.2) is 76.0 Å². The van der Waals surface area contributed by atoms with Crippen molar-refractivity contribution >= 4 is 5.91 Å². The highest BCUT2D eigenvalue weighted by Gasteiger charge is 2.29. The molecule has 0 radical (unpaired) electrons. The zero-order valence-corrected chi connectivity index (χ0v) is 17.7. The Morgan fingerprint density at radius 3 is 2.61 bits per heavy atom. The first-order valence-electron chi connectivity index (χ1n) is 10.9. The molecule has 0 spiro atoms. The van der Waals surface area contributed by atoms with Gasteiger partial charge < -0.3 is 19.1 Å². The van der Waals surface area contributed by atoms with E-state index in [2.05, 4.69) is 17.0 Å². The molecule has 4 aliphatic heterocycles. The number of aromatic nitrogens is 3. The van der Waals surface area contributed by atoms with Gasteiger partial charge in [0.2, 0.25) is 0 Å². The lowest BCUT2D eigenvalue weighted by atomic mass is 10.1. The second-order valence-electron chi connectivity index (χ2n) is 8.41. The van der Waals surface area contributed by atoms with E-state index >= 15 is 0 Å². The van der Waals surface area contributed by atoms with Gasteiger partial charge in [-0.2, -0.15) is 9.78 Å². The fourth-order valence-corrected chi connectivity index (χ4v) is 4.37. The standard InChI is InChI=1S/C23H27N5O3/c1-25-9-11-27(12-10-25)22(29)19-15-26(14-18-8-5-13-31-18)16-20-21(19)24-28(23(20)30)17-6-3-2-4-7-17/h2-4,6-7,15-16,18H,5,8-14H2,1H3/t18-/m0/s1. The van der Waals surface area contributed by atoms with Crippen LogP contribution in [0.15, 0.2) is 47.5 Å². The summed E-state index contributed by atoms with van der Waals surface area (Å²) in [6.07, 6.45) is 5.78. The summed E-state index contributed by atoms with van der Waals surface area (Å²) in [6.45, 7) is 4.39. The average molecular weight is 422 g/mol. The summed E-state index contributed by atoms with van der Waals surface area (Å²) in [4.78, 5) is 30.8. The van der Waals surface area contributed by atoms with Gasteiger partial charge in [0.05, 0.1) is 22.9 Å². The quantitative estimate of drug-likeness (QED) is 0.641. The Labute approximate surface area is 181 Å². The highest BCUT2D eigenvalue weighted by Crippen LogP contribution is 2.25. The van der Waals surface area contributed by atoms with Crippen molar-refractivity contribution in [1.82, 2.24) is 24.1 Å². The van der Waals surface area contributed by atoms with Gasteiger partial charge in [0.25, 0.3) is 11.5 Å². The van der Waals surface area contributed by atoms with Crippen molar-refractivity contribution in [2.75, 3.05) is 39.8 Å². The van der Waals surface area contributed by atoms with Crippen molar-refractivity contribution in [1.29, 1.82) is 0 Å². The van der Waals surface area contributed by atoms with Crippen LogP contribution in [0.4, 0.5) is 0 Å². The molecule has 0 unspecified atom stereocenters. The van der Waals surface area contributed by atoms with Crippen LogP contribution in [0.2, 0.25) is 0 Å². The number of pyridine rings is 1. The van der Waals surface area contributed by atoms with E-state index in [9.17, 15) is 9.59 Å². The van der Waals surface area contributed by atoms with Gasteiger partial charge in [-0.3, -0.25) is 9.59 Å². The third-order valence-corrected chi connectivity index (χ3v) is 6.18. The minimum absolute atomic E-state index is 0.0718. The van der Waals surface area contributed by atoms with Gasteiger partial charge in [-0.15, -0.1) is 0 Å². The highest BCUT2D eigenvalue weighted by molar-refractivity contribution is 6.00. The lowest BCUT2D eigenvalue weighted by Gasteiger charge is -2.32. The Kier molecular flexibility index (Phi) is 5.33. The van der Waals surface area contributed by atoms with Gasteiger partial charge >= 0.3 is 0 Å². The molecule has 0 saturated carbocycles. The molecule has 0 aromatic heterocycles. The zero-order chi connectivity index (χ0) is 21.4. The number of carbonyl (C=O) groups excluding carboxylic acids is 1. The molecule has 5 rings (SSSR count). The Hall–Kier alpha value is -2.97. The number of amides is 1. The molecule has 31 heavy (non-hydrogen) atoms. The fraction of sp³-hybridized carbons (Fsp3) is 0.435. The van der Waals surface area contributed by atoms with Crippen LogP contribution >= 0.6 is 0 Å². The predicted molar refractivity (Wildman–Crippen MR) is 117 cm³/mol. The van der Waals surface area contributed by atoms with Crippen molar-refractivity contribution in [2.24, 2.45) is 0 Å². The van der Waals surface area contributed by atoms with E-state index in [1.165, 1.54) is 4.68 Å². The van der Waals surface area contributed by atoms with Crippen LogP contribution in [0.25, 0.3) is 16.9 Å². The molecule has 1 aromatic rings. The number of benzene rings is 1. The van der Waals surface area contributed by atoms with Gasteiger partial charge in [-0.05, 0) is 32.0 Å². The number of hydrogen-bond acceptors (Lipinski definition) is 5. The smallest absolute Gasteiger partial charge is 0.282 e. The van der Waals surface area contributed by atoms with Crippen molar-refractivity contribution in [2.45, 2.75) is 25.5 Å². The van der Waals surface area contributed by atoms with Gasteiger partial charge in [0.1, 0.15) is 5.69 Å². The molecule has 4 aliphatic rings. The Morgan fingerprint density at radius 2 is 1.90 bits per heavy atom. The van der Waals surface area contributed by atoms with Gasteiger partial charge in [-0.1, -0.05) is 18.2 Å². The second-order valence-corrected chi connectivity index (χ2v) is 8.41. The largest absolute Gasteiger partial charge is 0.376 e. The van der Waals surface area contributed by atoms with E-state index < -0.39 is 0 Å². The Balaban J connectivity index is 1.59. The fourth-order valence-electron chi connectivity index (χ4n) is 4.37. The van der Waals surface area contributed by atoms with Gasteiger partial charge in [-0.25, -0.2) is 0 Å². The molecule has 8 heteroatoms. The first-order valence-corrected chi connectivity index (χ1v) is 10.9. The molecular weight excluding hydrogens is 394 g/mol. The van der Waals surface area contributed by atoms with Crippen LogP contribution in [0, 0.1) is 0 Å². The first kappa shape index (κ1) is 20.0. The molecule has 162 valence electrons. The van der Waals surface area contributed by atoms with Crippen LogP contribution in [0.5, 0.6) is 0 Å². The molecule has 1 aromatic carbocycles. The van der Waals surface area contributed by atoms with Crippen LogP contribution in [0.3, 0.4) is 0 Å². The van der Waals surface area contributed by atoms with Crippen LogP contribution in [0.1, 0.15) is 23.2 Å². The number of piperazine rings is 1. The summed E-state index contributed by atoms with van der Waals surface area (Å²) in [6, 6.07) is 9.32. The Morgan fingerprint density at radius 1 is 1.13 bits per heavy atom. The lowest BCUT2D eigenvalue weighted by Crippen LogP contribution is -2.47. The number of para-hydroxylation sites is 1. The maximum absolute atomic E-state index is 13.5. The maximum Gasteiger partial charge on any atom is 0.282 e. The third kappa shape index (κ3) is 3.88. The predicted octanol–water partition coefficient (Wildman–Crippen LogP) is 1.71. The number of hydrogen-bond donors (Lipinski definition) is 0. The summed E-state index contributed by atoms with van der Waals surface area (Å²) in [5.41, 5.74) is 1.87. The number of rotatable bonds is 4. The number of likely N-dealkylation sites (N-methyl/N-ethyl adjacent to an activating group) is 1. The van der Waals surface area contributed by atoms with Crippen LogP contribution in [-0.2, 0) is 11.3 Å².